The van der Waals surface area contributed by atoms with Gasteiger partial charge in [-0.3, -0.25) is 4.18 Å². The van der Waals surface area contributed by atoms with E-state index in [0.717, 1.165) is 22.9 Å². The monoisotopic (exact) mass is 539 g/mol. The van der Waals surface area contributed by atoms with Gasteiger partial charge in [0.05, 0.1) is 29.8 Å². The largest absolute Gasteiger partial charge is 0.445 e. The predicted molar refractivity (Wildman–Crippen MR) is 128 cm³/mol. The number of alkyl carbamates (subject to hydrolysis) is 1. The fraction of sp³-hybridized carbons (Fsp3) is 0.458. The van der Waals surface area contributed by atoms with Crippen molar-refractivity contribution in [1.82, 2.24) is 5.32 Å². The zero-order chi connectivity index (χ0) is 23.8. The molecule has 4 atom stereocenters. The highest BCUT2D eigenvalue weighted by molar-refractivity contribution is 9.10. The molecule has 1 N–H and O–H groups in total. The maximum Gasteiger partial charge on any atom is 0.407 e. The highest BCUT2D eigenvalue weighted by atomic mass is 79.9. The first-order chi connectivity index (χ1) is 15.7. The second-order valence-corrected chi connectivity index (χ2v) is 11.0. The van der Waals surface area contributed by atoms with E-state index in [9.17, 15) is 13.2 Å². The molecule has 2 aromatic carbocycles. The molecule has 180 valence electrons. The first-order valence-electron chi connectivity index (χ1n) is 11.0. The molecule has 1 amide bonds. The molecule has 1 aliphatic rings. The van der Waals surface area contributed by atoms with Crippen LogP contribution in [0.4, 0.5) is 4.79 Å². The summed E-state index contributed by atoms with van der Waals surface area (Å²) < 4.78 is 42.5. The van der Waals surface area contributed by atoms with Crippen LogP contribution < -0.4 is 5.32 Å². The van der Waals surface area contributed by atoms with Gasteiger partial charge in [-0.2, -0.15) is 8.42 Å². The Kier molecular flexibility index (Phi) is 9.31. The Bertz CT molecular complexity index is 989. The Morgan fingerprint density at radius 1 is 1.09 bits per heavy atom. The molecule has 9 heteroatoms. The van der Waals surface area contributed by atoms with Gasteiger partial charge < -0.3 is 14.8 Å². The van der Waals surface area contributed by atoms with E-state index in [1.807, 2.05) is 44.2 Å². The van der Waals surface area contributed by atoms with Crippen molar-refractivity contribution in [1.29, 1.82) is 0 Å². The van der Waals surface area contributed by atoms with Gasteiger partial charge in [0.15, 0.2) is 0 Å². The van der Waals surface area contributed by atoms with Crippen molar-refractivity contribution in [3.63, 3.8) is 0 Å². The lowest BCUT2D eigenvalue weighted by molar-refractivity contribution is -0.0554. The van der Waals surface area contributed by atoms with Crippen LogP contribution in [-0.4, -0.2) is 39.4 Å². The van der Waals surface area contributed by atoms with Gasteiger partial charge in [0.1, 0.15) is 6.61 Å². The van der Waals surface area contributed by atoms with Crippen molar-refractivity contribution in [2.45, 2.75) is 62.9 Å². The summed E-state index contributed by atoms with van der Waals surface area (Å²) in [7, 11) is -3.96. The Hall–Kier alpha value is -1.94. The lowest BCUT2D eigenvalue weighted by Crippen LogP contribution is -2.42. The minimum atomic E-state index is -3.96. The minimum Gasteiger partial charge on any atom is -0.445 e. The molecule has 33 heavy (non-hydrogen) atoms. The van der Waals surface area contributed by atoms with Gasteiger partial charge >= 0.3 is 6.09 Å². The van der Waals surface area contributed by atoms with Crippen LogP contribution in [0.5, 0.6) is 0 Å². The number of halogens is 1. The summed E-state index contributed by atoms with van der Waals surface area (Å²) in [5, 5.41) is 2.80. The molecule has 2 aromatic rings. The molecule has 0 spiro atoms. The fourth-order valence-electron chi connectivity index (χ4n) is 4.08. The molecule has 1 saturated heterocycles. The topological polar surface area (TPSA) is 90.9 Å². The van der Waals surface area contributed by atoms with Crippen molar-refractivity contribution >= 4 is 32.1 Å². The number of carbonyl (C=O) groups is 1. The first-order valence-corrected chi connectivity index (χ1v) is 13.2. The fourth-order valence-corrected chi connectivity index (χ4v) is 5.29. The number of hydrogen-bond acceptors (Lipinski definition) is 6. The van der Waals surface area contributed by atoms with E-state index in [-0.39, 0.29) is 36.2 Å². The molecule has 1 fully saturated rings. The van der Waals surface area contributed by atoms with E-state index in [0.29, 0.717) is 6.42 Å². The number of amides is 1. The molecular weight excluding hydrogens is 510 g/mol. The third kappa shape index (κ3) is 8.41. The van der Waals surface area contributed by atoms with Gasteiger partial charge in [-0.05, 0) is 68.9 Å². The summed E-state index contributed by atoms with van der Waals surface area (Å²) in [6.07, 6.45) is 1.84. The van der Waals surface area contributed by atoms with Crippen LogP contribution in [0.3, 0.4) is 0 Å². The van der Waals surface area contributed by atoms with Crippen molar-refractivity contribution in [3.05, 3.63) is 64.6 Å². The summed E-state index contributed by atoms with van der Waals surface area (Å²) >= 11 is 3.29. The van der Waals surface area contributed by atoms with Gasteiger partial charge in [0.2, 0.25) is 0 Å². The van der Waals surface area contributed by atoms with Crippen molar-refractivity contribution in [2.75, 3.05) is 6.61 Å². The molecule has 0 aromatic heterocycles. The van der Waals surface area contributed by atoms with E-state index in [4.69, 9.17) is 13.7 Å². The third-order valence-electron chi connectivity index (χ3n) is 5.47. The minimum absolute atomic E-state index is 0.0596. The lowest BCUT2D eigenvalue weighted by atomic mass is 9.87. The standard InChI is InChI=1S/C24H30BrNO6S/c1-17-12-20(13-18(2)32-17)14-22(26-24(27)30-15-19-6-4-3-5-7-19)16-31-33(28,29)23-10-8-21(25)9-11-23/h3-11,17-18,20,22H,12-16H2,1-2H3,(H,26,27)/t17-,18+,20?,22?. The van der Waals surface area contributed by atoms with Gasteiger partial charge in [-0.1, -0.05) is 46.3 Å². The highest BCUT2D eigenvalue weighted by Crippen LogP contribution is 2.28. The molecule has 1 heterocycles. The Labute approximate surface area is 204 Å². The van der Waals surface area contributed by atoms with Crippen LogP contribution in [-0.2, 0) is 30.4 Å². The predicted octanol–water partition coefficient (Wildman–Crippen LogP) is 5.04. The van der Waals surface area contributed by atoms with Crippen LogP contribution in [0.2, 0.25) is 0 Å². The summed E-state index contributed by atoms with van der Waals surface area (Å²) in [6, 6.07) is 15.0. The number of ether oxygens (including phenoxy) is 2. The Balaban J connectivity index is 1.63. The van der Waals surface area contributed by atoms with Gasteiger partial charge in [0.25, 0.3) is 10.1 Å². The van der Waals surface area contributed by atoms with E-state index >= 15 is 0 Å². The average molecular weight is 540 g/mol. The van der Waals surface area contributed by atoms with Gasteiger partial charge in [0, 0.05) is 4.47 Å². The summed E-state index contributed by atoms with van der Waals surface area (Å²) in [6.45, 7) is 3.99. The second-order valence-electron chi connectivity index (χ2n) is 8.43. The Morgan fingerprint density at radius 2 is 1.73 bits per heavy atom. The normalized spacial score (nSPS) is 21.8. The van der Waals surface area contributed by atoms with Crippen LogP contribution in [0.1, 0.15) is 38.7 Å². The van der Waals surface area contributed by atoms with Crippen molar-refractivity contribution < 1.29 is 26.9 Å². The molecule has 0 saturated carbocycles. The number of hydrogen-bond donors (Lipinski definition) is 1. The quantitative estimate of drug-likeness (QED) is 0.448. The SMILES string of the molecule is C[C@@H]1CC(CC(COS(=O)(=O)c2ccc(Br)cc2)NC(=O)OCc2ccccc2)C[C@H](C)O1. The van der Waals surface area contributed by atoms with E-state index < -0.39 is 22.3 Å². The zero-order valence-electron chi connectivity index (χ0n) is 18.8. The molecule has 0 bridgehead atoms. The first kappa shape index (κ1) is 25.7. The number of benzene rings is 2. The molecule has 1 aliphatic heterocycles. The number of rotatable bonds is 9. The maximum absolute atomic E-state index is 12.6. The summed E-state index contributed by atoms with van der Waals surface area (Å²) in [4.78, 5) is 12.5. The van der Waals surface area contributed by atoms with E-state index in [1.165, 1.54) is 12.1 Å². The van der Waals surface area contributed by atoms with E-state index in [1.54, 1.807) is 12.1 Å². The second kappa shape index (κ2) is 12.0. The lowest BCUT2D eigenvalue weighted by Gasteiger charge is -2.34. The van der Waals surface area contributed by atoms with Gasteiger partial charge in [-0.25, -0.2) is 4.79 Å². The third-order valence-corrected chi connectivity index (χ3v) is 7.30. The summed E-state index contributed by atoms with van der Waals surface area (Å²) in [5.74, 6) is 0.266. The Morgan fingerprint density at radius 3 is 2.36 bits per heavy atom. The molecule has 0 radical (unpaired) electrons. The smallest absolute Gasteiger partial charge is 0.407 e. The van der Waals surface area contributed by atoms with Crippen LogP contribution in [0.15, 0.2) is 64.0 Å². The molecule has 7 nitrogen and oxygen atoms in total. The molecule has 3 rings (SSSR count). The number of carbonyl (C=O) groups excluding carboxylic acids is 1. The van der Waals surface area contributed by atoms with Crippen molar-refractivity contribution in [2.24, 2.45) is 5.92 Å². The van der Waals surface area contributed by atoms with Gasteiger partial charge in [-0.15, -0.1) is 0 Å². The van der Waals surface area contributed by atoms with Crippen LogP contribution >= 0.6 is 15.9 Å². The van der Waals surface area contributed by atoms with E-state index in [2.05, 4.69) is 21.2 Å². The maximum atomic E-state index is 12.6. The van der Waals surface area contributed by atoms with Crippen LogP contribution in [0, 0.1) is 5.92 Å². The van der Waals surface area contributed by atoms with Crippen LogP contribution in [0.25, 0.3) is 0 Å². The average Bonchev–Trinajstić information content (AvgIpc) is 2.76. The highest BCUT2D eigenvalue weighted by Gasteiger charge is 2.29. The molecule has 0 aliphatic carbocycles. The summed E-state index contributed by atoms with van der Waals surface area (Å²) in [5.41, 5.74) is 0.866. The molecular formula is C24H30BrNO6S. The zero-order valence-corrected chi connectivity index (χ0v) is 21.2. The van der Waals surface area contributed by atoms with Crippen molar-refractivity contribution in [3.8, 4) is 0 Å². The molecule has 2 unspecified atom stereocenters. The number of nitrogens with one attached hydrogen (secondary N) is 1.